The van der Waals surface area contributed by atoms with E-state index in [9.17, 15) is 29.1 Å². The summed E-state index contributed by atoms with van der Waals surface area (Å²) in [6.07, 6.45) is 0.405. The molecule has 0 spiro atoms. The molecule has 0 saturated carbocycles. The molecule has 13 nitrogen and oxygen atoms in total. The first-order valence-electron chi connectivity index (χ1n) is 18.7. The minimum absolute atomic E-state index is 0.0212. The number of carboxylic acid groups (broad SMARTS) is 1. The molecule has 4 amide bonds. The molecular formula is C40H65N5O8. The van der Waals surface area contributed by atoms with E-state index in [-0.39, 0.29) is 42.4 Å². The number of aliphatic carboxylic acids is 1. The van der Waals surface area contributed by atoms with Crippen molar-refractivity contribution in [2.24, 2.45) is 17.8 Å². The largest absolute Gasteiger partial charge is 0.480 e. The van der Waals surface area contributed by atoms with Crippen molar-refractivity contribution in [2.75, 3.05) is 41.9 Å². The van der Waals surface area contributed by atoms with Crippen molar-refractivity contribution in [3.63, 3.8) is 0 Å². The summed E-state index contributed by atoms with van der Waals surface area (Å²) in [5.74, 6) is -3.37. The van der Waals surface area contributed by atoms with Crippen LogP contribution in [0.1, 0.15) is 72.8 Å². The van der Waals surface area contributed by atoms with Gasteiger partial charge in [0.05, 0.1) is 42.7 Å². The van der Waals surface area contributed by atoms with Crippen LogP contribution in [-0.2, 0) is 39.9 Å². The second kappa shape index (κ2) is 21.2. The van der Waals surface area contributed by atoms with Crippen LogP contribution in [-0.4, -0.2) is 134 Å². The number of amides is 4. The third kappa shape index (κ3) is 12.1. The Morgan fingerprint density at radius 1 is 0.925 bits per heavy atom. The van der Waals surface area contributed by atoms with Gasteiger partial charge in [-0.15, -0.1) is 0 Å². The van der Waals surface area contributed by atoms with E-state index >= 15 is 0 Å². The Bertz CT molecular complexity index is 1380. The molecule has 0 aromatic heterocycles. The summed E-state index contributed by atoms with van der Waals surface area (Å²) in [7, 11) is 8.31. The van der Waals surface area contributed by atoms with Crippen molar-refractivity contribution in [2.45, 2.75) is 116 Å². The molecule has 2 rings (SSSR count). The van der Waals surface area contributed by atoms with Crippen LogP contribution in [0.4, 0.5) is 0 Å². The van der Waals surface area contributed by atoms with Gasteiger partial charge in [-0.3, -0.25) is 24.1 Å². The summed E-state index contributed by atoms with van der Waals surface area (Å²) >= 11 is 0. The van der Waals surface area contributed by atoms with Gasteiger partial charge in [0.15, 0.2) is 0 Å². The van der Waals surface area contributed by atoms with E-state index in [1.807, 2.05) is 83.9 Å². The molecular weight excluding hydrogens is 678 g/mol. The van der Waals surface area contributed by atoms with Crippen molar-refractivity contribution in [1.82, 2.24) is 25.3 Å². The number of likely N-dealkylation sites (N-methyl/N-ethyl adjacent to an activating group) is 2. The van der Waals surface area contributed by atoms with Gasteiger partial charge >= 0.3 is 5.97 Å². The van der Waals surface area contributed by atoms with E-state index in [1.165, 1.54) is 14.2 Å². The molecule has 53 heavy (non-hydrogen) atoms. The molecule has 0 radical (unpaired) electrons. The van der Waals surface area contributed by atoms with Gasteiger partial charge in [-0.1, -0.05) is 84.0 Å². The quantitative estimate of drug-likeness (QED) is 0.161. The molecule has 1 aliphatic rings. The highest BCUT2D eigenvalue weighted by Gasteiger charge is 2.43. The number of rotatable bonds is 21. The Balaban J connectivity index is 2.28. The predicted molar refractivity (Wildman–Crippen MR) is 205 cm³/mol. The first kappa shape index (κ1) is 45.3. The highest BCUT2D eigenvalue weighted by molar-refractivity contribution is 5.90. The molecule has 1 unspecified atom stereocenters. The maximum Gasteiger partial charge on any atom is 0.326 e. The zero-order chi connectivity index (χ0) is 40.2. The molecule has 1 aromatic rings. The fourth-order valence-electron chi connectivity index (χ4n) is 7.49. The average molecular weight is 744 g/mol. The summed E-state index contributed by atoms with van der Waals surface area (Å²) in [5.41, 5.74) is 1.48. The van der Waals surface area contributed by atoms with Crippen LogP contribution in [0.5, 0.6) is 0 Å². The maximum absolute atomic E-state index is 14.2. The maximum atomic E-state index is 14.2. The number of nitrogens with zero attached hydrogens (tertiary/aromatic N) is 3. The number of carbonyl (C=O) groups is 5. The monoisotopic (exact) mass is 743 g/mol. The number of hydrogen-bond donors (Lipinski definition) is 3. The first-order valence-corrected chi connectivity index (χ1v) is 18.7. The summed E-state index contributed by atoms with van der Waals surface area (Å²) in [4.78, 5) is 72.3. The fourth-order valence-corrected chi connectivity index (χ4v) is 7.49. The van der Waals surface area contributed by atoms with Gasteiger partial charge in [0, 0.05) is 34.2 Å². The van der Waals surface area contributed by atoms with Crippen molar-refractivity contribution in [1.29, 1.82) is 0 Å². The number of hydrogen-bond acceptors (Lipinski definition) is 8. The number of likely N-dealkylation sites (tertiary alicyclic amines) is 1. The van der Waals surface area contributed by atoms with Crippen molar-refractivity contribution in [3.05, 3.63) is 48.0 Å². The summed E-state index contributed by atoms with van der Waals surface area (Å²) < 4.78 is 11.8. The van der Waals surface area contributed by atoms with Gasteiger partial charge in [-0.05, 0) is 50.8 Å². The van der Waals surface area contributed by atoms with Crippen LogP contribution in [0.25, 0.3) is 0 Å². The van der Waals surface area contributed by atoms with Gasteiger partial charge in [0.25, 0.3) is 0 Å². The van der Waals surface area contributed by atoms with Gasteiger partial charge in [0.1, 0.15) is 12.1 Å². The number of carbonyl (C=O) groups excluding carboxylic acids is 4. The van der Waals surface area contributed by atoms with E-state index < -0.39 is 60.2 Å². The van der Waals surface area contributed by atoms with Crippen LogP contribution in [0.15, 0.2) is 42.5 Å². The van der Waals surface area contributed by atoms with Crippen molar-refractivity contribution in [3.8, 4) is 0 Å². The molecule has 1 saturated heterocycles. The van der Waals surface area contributed by atoms with E-state index in [4.69, 9.17) is 9.47 Å². The standard InChI is InChI=1S/C40H65N5O8/c1-13-26(6)35(44(10)39(49)33(24(2)3)42-38(48)34(25(4)5)43(8)9)31(52-11)23-32(46)45-21-17-20-30(45)36(53-12)27(7)37(47)41-29(40(50)51)22-28-18-15-14-16-19-28/h14-16,18-19,24-25,27,29-31,33-36H,6,13,17,20-23H2,1-5,7-12H3,(H,41,47)(H,42,48)(H,50,51)/t27-,29+,30+,31?,33+,34+,35+,36-/m1/s1. The highest BCUT2D eigenvalue weighted by Crippen LogP contribution is 2.29. The minimum atomic E-state index is -1.14. The Hall–Kier alpha value is -3.81. The summed E-state index contributed by atoms with van der Waals surface area (Å²) in [6.45, 7) is 16.0. The Kier molecular flexibility index (Phi) is 18.1. The summed E-state index contributed by atoms with van der Waals surface area (Å²) in [6, 6.07) is 5.58. The average Bonchev–Trinajstić information content (AvgIpc) is 3.59. The minimum Gasteiger partial charge on any atom is -0.480 e. The van der Waals surface area contributed by atoms with Crippen molar-refractivity contribution < 1.29 is 38.6 Å². The van der Waals surface area contributed by atoms with Crippen LogP contribution in [0.3, 0.4) is 0 Å². The second-order valence-corrected chi connectivity index (χ2v) is 15.1. The Labute approximate surface area is 316 Å². The number of carboxylic acids is 1. The van der Waals surface area contributed by atoms with E-state index in [1.54, 1.807) is 23.8 Å². The number of nitrogens with one attached hydrogen (secondary N) is 2. The van der Waals surface area contributed by atoms with Crippen molar-refractivity contribution >= 4 is 29.6 Å². The number of ether oxygens (including phenoxy) is 2. The number of methoxy groups -OCH3 is 2. The SMILES string of the molecule is C=C(CC)[C@@H](C(CC(=O)N1CCC[C@H]1[C@H](OC)[C@@H](C)C(=O)N[C@@H](Cc1ccccc1)C(=O)O)OC)N(C)C(=O)[C@@H](NC(=O)[C@H](C(C)C)N(C)C)C(C)C. The van der Waals surface area contributed by atoms with Gasteiger partial charge in [-0.2, -0.15) is 0 Å². The first-order chi connectivity index (χ1) is 24.9. The van der Waals surface area contributed by atoms with Gasteiger partial charge in [0.2, 0.25) is 23.6 Å². The molecule has 1 fully saturated rings. The molecule has 8 atom stereocenters. The Morgan fingerprint density at radius 3 is 2.04 bits per heavy atom. The molecule has 1 aromatic carbocycles. The van der Waals surface area contributed by atoms with Crippen LogP contribution < -0.4 is 10.6 Å². The molecule has 1 heterocycles. The van der Waals surface area contributed by atoms with E-state index in [0.717, 1.165) is 5.56 Å². The zero-order valence-corrected chi connectivity index (χ0v) is 33.8. The Morgan fingerprint density at radius 2 is 1.55 bits per heavy atom. The molecule has 3 N–H and O–H groups in total. The molecule has 1 aliphatic heterocycles. The lowest BCUT2D eigenvalue weighted by Gasteiger charge is -2.39. The van der Waals surface area contributed by atoms with Gasteiger partial charge in [-0.25, -0.2) is 4.79 Å². The predicted octanol–water partition coefficient (Wildman–Crippen LogP) is 3.37. The smallest absolute Gasteiger partial charge is 0.326 e. The van der Waals surface area contributed by atoms with Crippen LogP contribution in [0, 0.1) is 17.8 Å². The fraction of sp³-hybridized carbons (Fsp3) is 0.675. The topological polar surface area (TPSA) is 158 Å². The third-order valence-electron chi connectivity index (χ3n) is 10.4. The second-order valence-electron chi connectivity index (χ2n) is 15.1. The number of benzene rings is 1. The molecule has 0 aliphatic carbocycles. The molecule has 298 valence electrons. The van der Waals surface area contributed by atoms with Crippen LogP contribution in [0.2, 0.25) is 0 Å². The molecule has 0 bridgehead atoms. The van der Waals surface area contributed by atoms with E-state index in [0.29, 0.717) is 31.4 Å². The lowest BCUT2D eigenvalue weighted by molar-refractivity contribution is -0.146. The highest BCUT2D eigenvalue weighted by atomic mass is 16.5. The lowest BCUT2D eigenvalue weighted by atomic mass is 9.92. The molecule has 13 heteroatoms. The zero-order valence-electron chi connectivity index (χ0n) is 33.8. The normalized spacial score (nSPS) is 18.5. The van der Waals surface area contributed by atoms with Crippen LogP contribution >= 0.6 is 0 Å². The van der Waals surface area contributed by atoms with Gasteiger partial charge < -0.3 is 35.0 Å². The lowest BCUT2D eigenvalue weighted by Crippen LogP contribution is -2.59. The summed E-state index contributed by atoms with van der Waals surface area (Å²) in [5, 5.41) is 15.5. The van der Waals surface area contributed by atoms with E-state index in [2.05, 4.69) is 17.2 Å². The third-order valence-corrected chi connectivity index (χ3v) is 10.4.